The highest BCUT2D eigenvalue weighted by Gasteiger charge is 2.47. The molecule has 0 unspecified atom stereocenters. The number of hydrogen-bond donors (Lipinski definition) is 0. The Balaban J connectivity index is 2.92. The van der Waals surface area contributed by atoms with Crippen molar-refractivity contribution in [2.45, 2.75) is 154 Å². The number of amides is 2. The van der Waals surface area contributed by atoms with E-state index in [1.54, 1.807) is 0 Å². The Kier molecular flexibility index (Phi) is 17.9. The molecule has 0 saturated carbocycles. The topological polar surface area (TPSA) is 71.9 Å². The van der Waals surface area contributed by atoms with Crippen molar-refractivity contribution in [2.24, 2.45) is 23.7 Å². The van der Waals surface area contributed by atoms with Crippen LogP contribution in [0.3, 0.4) is 0 Å². The standard InChI is InChI=1S/C41H84N8OP2/c1-29(2)22-51(23-30(3)4,26-46-21-20-45(19)41(46)50)27-47(33(9)10)38-42-39(44-40(43-38)49(35(13)14)36(15)16)48(34(11)12)28-52(37(17)18,24-31(5)6)25-32(7)8/h29-37H,20-28H2,1-19H3/q+2. The summed E-state index contributed by atoms with van der Waals surface area (Å²) >= 11 is 0. The Labute approximate surface area is 323 Å². The van der Waals surface area contributed by atoms with E-state index in [1.807, 2.05) is 11.9 Å². The molecule has 1 fully saturated rings. The van der Waals surface area contributed by atoms with Crippen molar-refractivity contribution in [3.8, 4) is 0 Å². The van der Waals surface area contributed by atoms with E-state index < -0.39 is 14.5 Å². The van der Waals surface area contributed by atoms with Gasteiger partial charge in [-0.3, -0.25) is 4.90 Å². The first-order valence-corrected chi connectivity index (χ1v) is 25.7. The van der Waals surface area contributed by atoms with E-state index in [4.69, 9.17) is 15.0 Å². The molecule has 2 heterocycles. The van der Waals surface area contributed by atoms with Crippen LogP contribution < -0.4 is 14.7 Å². The van der Waals surface area contributed by atoms with Gasteiger partial charge >= 0.3 is 6.03 Å². The maximum atomic E-state index is 13.4. The number of anilines is 3. The molecule has 0 N–H and O–H groups in total. The lowest BCUT2D eigenvalue weighted by Crippen LogP contribution is -2.43. The fraction of sp³-hybridized carbons (Fsp3) is 0.902. The van der Waals surface area contributed by atoms with E-state index in [0.29, 0.717) is 29.3 Å². The number of aromatic nitrogens is 3. The van der Waals surface area contributed by atoms with Gasteiger partial charge in [0.25, 0.3) is 0 Å². The van der Waals surface area contributed by atoms with Gasteiger partial charge in [0.05, 0.1) is 37.6 Å². The Morgan fingerprint density at radius 1 is 0.558 bits per heavy atom. The minimum Gasteiger partial charge on any atom is -0.336 e. The largest absolute Gasteiger partial charge is 0.336 e. The minimum atomic E-state index is -1.73. The molecule has 302 valence electrons. The molecule has 1 aliphatic heterocycles. The third-order valence-electron chi connectivity index (χ3n) is 10.4. The number of carbonyl (C=O) groups excluding carboxylic acids is 1. The zero-order valence-electron chi connectivity index (χ0n) is 37.4. The van der Waals surface area contributed by atoms with Gasteiger partial charge in [-0.05, 0) is 92.9 Å². The van der Waals surface area contributed by atoms with Gasteiger partial charge < -0.3 is 19.6 Å². The van der Waals surface area contributed by atoms with Crippen LogP contribution in [0.15, 0.2) is 0 Å². The molecule has 0 atom stereocenters. The molecule has 1 aliphatic rings. The molecule has 2 amide bonds. The van der Waals surface area contributed by atoms with Crippen molar-refractivity contribution in [3.05, 3.63) is 0 Å². The van der Waals surface area contributed by atoms with E-state index in [2.05, 4.69) is 144 Å². The third-order valence-corrected chi connectivity index (χ3v) is 21.3. The van der Waals surface area contributed by atoms with Crippen LogP contribution in [0.4, 0.5) is 22.6 Å². The summed E-state index contributed by atoms with van der Waals surface area (Å²) in [4.78, 5) is 41.2. The lowest BCUT2D eigenvalue weighted by Gasteiger charge is -2.41. The van der Waals surface area contributed by atoms with E-state index in [0.717, 1.165) is 62.1 Å². The Morgan fingerprint density at radius 2 is 0.962 bits per heavy atom. The molecule has 0 aromatic carbocycles. The zero-order chi connectivity index (χ0) is 39.9. The summed E-state index contributed by atoms with van der Waals surface area (Å²) in [6.45, 7) is 43.8. The summed E-state index contributed by atoms with van der Waals surface area (Å²) in [5.41, 5.74) is 0.624. The number of hydrogen-bond acceptors (Lipinski definition) is 7. The number of urea groups is 1. The average Bonchev–Trinajstić information content (AvgIpc) is 3.28. The molecular formula is C41H84N8OP2+2. The van der Waals surface area contributed by atoms with Crippen LogP contribution in [-0.4, -0.2) is 124 Å². The van der Waals surface area contributed by atoms with Crippen molar-refractivity contribution in [3.63, 3.8) is 0 Å². The summed E-state index contributed by atoms with van der Waals surface area (Å²) in [6.07, 6.45) is 7.61. The van der Waals surface area contributed by atoms with E-state index in [-0.39, 0.29) is 30.2 Å². The first kappa shape index (κ1) is 46.7. The van der Waals surface area contributed by atoms with Gasteiger partial charge in [0.15, 0.2) is 0 Å². The average molecular weight is 767 g/mol. The predicted molar refractivity (Wildman–Crippen MR) is 235 cm³/mol. The van der Waals surface area contributed by atoms with Gasteiger partial charge in [-0.1, -0.05) is 55.4 Å². The monoisotopic (exact) mass is 767 g/mol. The SMILES string of the molecule is CC(C)C[P+](CC(C)C)(CN1CCN(C)C1=O)CN(c1nc(N(C[P+](CC(C)C)(CC(C)C)C(C)C)C(C)C)nc(N(C(C)C)C(C)C)n1)C(C)C. The van der Waals surface area contributed by atoms with Crippen LogP contribution in [0.25, 0.3) is 0 Å². The highest BCUT2D eigenvalue weighted by Crippen LogP contribution is 2.66. The van der Waals surface area contributed by atoms with Gasteiger partial charge in [0.1, 0.15) is 18.9 Å². The second-order valence-electron chi connectivity index (χ2n) is 19.3. The second kappa shape index (κ2) is 19.9. The molecular weight excluding hydrogens is 682 g/mol. The van der Waals surface area contributed by atoms with Crippen LogP contribution in [0.2, 0.25) is 0 Å². The Hall–Kier alpha value is -1.46. The van der Waals surface area contributed by atoms with Crippen LogP contribution in [0.5, 0.6) is 0 Å². The summed E-state index contributed by atoms with van der Waals surface area (Å²) in [5, 5.41) is 0. The molecule has 11 heteroatoms. The molecule has 0 radical (unpaired) electrons. The van der Waals surface area contributed by atoms with Crippen molar-refractivity contribution in [1.29, 1.82) is 0 Å². The molecule has 1 saturated heterocycles. The van der Waals surface area contributed by atoms with Crippen molar-refractivity contribution in [2.75, 3.05) is 78.3 Å². The number of nitrogens with zero attached hydrogens (tertiary/aromatic N) is 8. The zero-order valence-corrected chi connectivity index (χ0v) is 39.2. The smallest absolute Gasteiger partial charge is 0.322 e. The fourth-order valence-electron chi connectivity index (χ4n) is 8.64. The molecule has 2 rings (SSSR count). The van der Waals surface area contributed by atoms with Gasteiger partial charge in [-0.25, -0.2) is 4.79 Å². The third kappa shape index (κ3) is 12.8. The highest BCUT2D eigenvalue weighted by molar-refractivity contribution is 7.76. The van der Waals surface area contributed by atoms with Crippen LogP contribution in [0.1, 0.15) is 125 Å². The highest BCUT2D eigenvalue weighted by atomic mass is 31.2. The lowest BCUT2D eigenvalue weighted by atomic mass is 10.2. The van der Waals surface area contributed by atoms with Gasteiger partial charge in [0, 0.05) is 51.6 Å². The summed E-state index contributed by atoms with van der Waals surface area (Å²) in [5.74, 6) is 4.73. The Bertz CT molecular complexity index is 1210. The molecule has 0 aliphatic carbocycles. The predicted octanol–water partition coefficient (Wildman–Crippen LogP) is 10.2. The van der Waals surface area contributed by atoms with Gasteiger partial charge in [0.2, 0.25) is 17.8 Å². The summed E-state index contributed by atoms with van der Waals surface area (Å²) < 4.78 is 0. The Morgan fingerprint density at radius 3 is 1.29 bits per heavy atom. The molecule has 0 bridgehead atoms. The molecule has 0 spiro atoms. The molecule has 1 aromatic rings. The summed E-state index contributed by atoms with van der Waals surface area (Å²) in [6, 6.07) is 1.07. The van der Waals surface area contributed by atoms with E-state index in [1.165, 1.54) is 12.3 Å². The first-order valence-electron chi connectivity index (χ1n) is 20.7. The maximum absolute atomic E-state index is 13.4. The van der Waals surface area contributed by atoms with E-state index in [9.17, 15) is 4.79 Å². The molecule has 52 heavy (non-hydrogen) atoms. The number of rotatable bonds is 22. The van der Waals surface area contributed by atoms with Crippen molar-refractivity contribution in [1.82, 2.24) is 24.8 Å². The molecule has 1 aromatic heterocycles. The van der Waals surface area contributed by atoms with Gasteiger partial charge in [-0.2, -0.15) is 15.0 Å². The molecule has 9 nitrogen and oxygen atoms in total. The number of likely N-dealkylation sites (N-methyl/N-ethyl adjacent to an activating group) is 1. The van der Waals surface area contributed by atoms with E-state index >= 15 is 0 Å². The first-order chi connectivity index (χ1) is 23.9. The fourth-order valence-corrected chi connectivity index (χ4v) is 20.0. The minimum absolute atomic E-state index is 0.176. The van der Waals surface area contributed by atoms with Crippen molar-refractivity contribution >= 4 is 38.4 Å². The number of carbonyl (C=O) groups is 1. The van der Waals surface area contributed by atoms with Crippen LogP contribution >= 0.6 is 14.5 Å². The van der Waals surface area contributed by atoms with Gasteiger partial charge in [-0.15, -0.1) is 0 Å². The quantitative estimate of drug-likeness (QED) is 0.109. The van der Waals surface area contributed by atoms with Crippen LogP contribution in [0, 0.1) is 23.7 Å². The van der Waals surface area contributed by atoms with Crippen LogP contribution in [-0.2, 0) is 0 Å². The second-order valence-corrected chi connectivity index (χ2v) is 27.8. The van der Waals surface area contributed by atoms with Crippen molar-refractivity contribution < 1.29 is 4.79 Å². The lowest BCUT2D eigenvalue weighted by molar-refractivity contribution is 0.203. The normalized spacial score (nSPS) is 14.8. The maximum Gasteiger partial charge on any atom is 0.322 e. The summed E-state index contributed by atoms with van der Waals surface area (Å²) in [7, 11) is -1.21.